The van der Waals surface area contributed by atoms with Gasteiger partial charge in [-0.25, -0.2) is 16.8 Å². The summed E-state index contributed by atoms with van der Waals surface area (Å²) in [6, 6.07) is 22.6. The number of carbonyl (C=O) groups excluding carboxylic acids is 2. The SMILES string of the molecule is CCCCC(=C(NC=O)S(=O)(=O)c1ccc(C)cc1)c1ccccc1.Cc1ccc(S(=O)(=O)C(NC=O)=C2CCN(C)CC2)cc1. The molecule has 1 fully saturated rings. The Morgan fingerprint density at radius 2 is 1.24 bits per heavy atom. The van der Waals surface area contributed by atoms with Crippen LogP contribution in [0.25, 0.3) is 5.57 Å². The zero-order valence-corrected chi connectivity index (χ0v) is 28.5. The number of allylic oxidation sites excluding steroid dienone is 1. The van der Waals surface area contributed by atoms with Gasteiger partial charge in [0.15, 0.2) is 0 Å². The number of aryl methyl sites for hydroxylation is 2. The zero-order valence-electron chi connectivity index (χ0n) is 26.8. The molecule has 4 rings (SSSR count). The fourth-order valence-electron chi connectivity index (χ4n) is 4.97. The van der Waals surface area contributed by atoms with Crippen LogP contribution in [0.1, 0.15) is 55.7 Å². The van der Waals surface area contributed by atoms with E-state index in [1.807, 2.05) is 58.2 Å². The lowest BCUT2D eigenvalue weighted by Crippen LogP contribution is -2.30. The fourth-order valence-corrected chi connectivity index (χ4v) is 7.97. The second kappa shape index (κ2) is 17.0. The van der Waals surface area contributed by atoms with Gasteiger partial charge in [0.05, 0.1) is 9.79 Å². The Morgan fingerprint density at radius 1 is 0.739 bits per heavy atom. The number of hydrogen-bond acceptors (Lipinski definition) is 7. The van der Waals surface area contributed by atoms with Gasteiger partial charge in [-0.15, -0.1) is 0 Å². The van der Waals surface area contributed by atoms with Crippen LogP contribution in [0.5, 0.6) is 0 Å². The van der Waals surface area contributed by atoms with Crippen molar-refractivity contribution < 1.29 is 26.4 Å². The smallest absolute Gasteiger partial charge is 0.222 e. The summed E-state index contributed by atoms with van der Waals surface area (Å²) in [5, 5.41) is 4.88. The monoisotopic (exact) mass is 665 g/mol. The van der Waals surface area contributed by atoms with Crippen molar-refractivity contribution in [2.45, 2.75) is 62.7 Å². The van der Waals surface area contributed by atoms with E-state index >= 15 is 0 Å². The molecule has 46 heavy (non-hydrogen) atoms. The first-order valence-electron chi connectivity index (χ1n) is 15.2. The van der Waals surface area contributed by atoms with E-state index in [1.165, 1.54) is 0 Å². The van der Waals surface area contributed by atoms with Crippen LogP contribution in [0.4, 0.5) is 0 Å². The number of nitrogens with zero attached hydrogens (tertiary/aromatic N) is 1. The highest BCUT2D eigenvalue weighted by molar-refractivity contribution is 7.95. The summed E-state index contributed by atoms with van der Waals surface area (Å²) < 4.78 is 51.7. The molecule has 1 heterocycles. The second-order valence-corrected chi connectivity index (χ2v) is 14.9. The van der Waals surface area contributed by atoms with Crippen LogP contribution in [0.3, 0.4) is 0 Å². The molecule has 2 N–H and O–H groups in total. The minimum absolute atomic E-state index is 0.0361. The number of rotatable bonds is 12. The van der Waals surface area contributed by atoms with E-state index in [9.17, 15) is 26.4 Å². The van der Waals surface area contributed by atoms with E-state index < -0.39 is 19.7 Å². The molecule has 0 saturated carbocycles. The number of nitrogens with one attached hydrogen (secondary N) is 2. The van der Waals surface area contributed by atoms with Gasteiger partial charge < -0.3 is 15.5 Å². The van der Waals surface area contributed by atoms with Crippen LogP contribution in [0.2, 0.25) is 0 Å². The topological polar surface area (TPSA) is 130 Å². The third-order valence-electron chi connectivity index (χ3n) is 7.67. The van der Waals surface area contributed by atoms with Gasteiger partial charge in [0.1, 0.15) is 10.1 Å². The predicted molar refractivity (Wildman–Crippen MR) is 182 cm³/mol. The first-order valence-corrected chi connectivity index (χ1v) is 18.1. The maximum absolute atomic E-state index is 13.1. The Labute approximate surface area is 273 Å². The number of piperidine rings is 1. The summed E-state index contributed by atoms with van der Waals surface area (Å²) in [5.41, 5.74) is 4.19. The van der Waals surface area contributed by atoms with Crippen molar-refractivity contribution in [3.63, 3.8) is 0 Å². The highest BCUT2D eigenvalue weighted by Crippen LogP contribution is 2.30. The highest BCUT2D eigenvalue weighted by atomic mass is 32.2. The van der Waals surface area contributed by atoms with Crippen LogP contribution in [-0.4, -0.2) is 54.7 Å². The molecule has 1 aliphatic rings. The minimum atomic E-state index is -3.82. The number of amides is 2. The highest BCUT2D eigenvalue weighted by Gasteiger charge is 2.27. The fraction of sp³-hybridized carbons (Fsp3) is 0.314. The number of carbonyl (C=O) groups is 2. The van der Waals surface area contributed by atoms with Gasteiger partial charge in [-0.3, -0.25) is 9.59 Å². The van der Waals surface area contributed by atoms with Crippen molar-refractivity contribution >= 4 is 38.1 Å². The Bertz CT molecular complexity index is 1740. The van der Waals surface area contributed by atoms with Gasteiger partial charge in [-0.1, -0.05) is 79.1 Å². The Balaban J connectivity index is 0.000000254. The molecule has 0 unspecified atom stereocenters. The molecule has 0 aromatic heterocycles. The lowest BCUT2D eigenvalue weighted by Gasteiger charge is -2.26. The molecule has 2 amide bonds. The van der Waals surface area contributed by atoms with Gasteiger partial charge in [-0.2, -0.15) is 0 Å². The minimum Gasteiger partial charge on any atom is -0.319 e. The molecule has 11 heteroatoms. The lowest BCUT2D eigenvalue weighted by atomic mass is 10.0. The molecule has 0 radical (unpaired) electrons. The molecule has 3 aromatic rings. The molecule has 0 aliphatic carbocycles. The van der Waals surface area contributed by atoms with E-state index in [-0.39, 0.29) is 19.8 Å². The quantitative estimate of drug-likeness (QED) is 0.244. The van der Waals surface area contributed by atoms with Gasteiger partial charge in [-0.05, 0) is 87.6 Å². The molecule has 9 nitrogen and oxygen atoms in total. The Hall–Kier alpha value is -4.06. The summed E-state index contributed by atoms with van der Waals surface area (Å²) >= 11 is 0. The van der Waals surface area contributed by atoms with E-state index in [0.717, 1.165) is 48.2 Å². The third kappa shape index (κ3) is 9.48. The third-order valence-corrected chi connectivity index (χ3v) is 11.3. The largest absolute Gasteiger partial charge is 0.319 e. The Morgan fingerprint density at radius 3 is 1.72 bits per heavy atom. The van der Waals surface area contributed by atoms with Gasteiger partial charge >= 0.3 is 0 Å². The normalized spacial score (nSPS) is 14.3. The summed E-state index contributed by atoms with van der Waals surface area (Å²) in [5.74, 6) is 0. The van der Waals surface area contributed by atoms with Crippen molar-refractivity contribution in [2.24, 2.45) is 0 Å². The van der Waals surface area contributed by atoms with E-state index in [1.54, 1.807) is 48.5 Å². The molecule has 0 atom stereocenters. The average molecular weight is 666 g/mol. The summed E-state index contributed by atoms with van der Waals surface area (Å²) in [6.45, 7) is 7.43. The molecule has 3 aromatic carbocycles. The molecule has 0 spiro atoms. The summed E-state index contributed by atoms with van der Waals surface area (Å²) in [4.78, 5) is 24.5. The number of likely N-dealkylation sites (tertiary alicyclic amines) is 1. The van der Waals surface area contributed by atoms with Crippen LogP contribution in [0.15, 0.2) is 104 Å². The number of unbranched alkanes of at least 4 members (excludes halogenated alkanes) is 1. The molecular weight excluding hydrogens is 623 g/mol. The molecule has 246 valence electrons. The number of benzene rings is 3. The van der Waals surface area contributed by atoms with Crippen molar-refractivity contribution in [1.29, 1.82) is 0 Å². The zero-order chi connectivity index (χ0) is 33.7. The van der Waals surface area contributed by atoms with Crippen molar-refractivity contribution in [3.8, 4) is 0 Å². The number of hydrogen-bond donors (Lipinski definition) is 2. The number of sulfone groups is 2. The summed E-state index contributed by atoms with van der Waals surface area (Å²) in [7, 11) is -5.50. The van der Waals surface area contributed by atoms with Crippen molar-refractivity contribution in [3.05, 3.63) is 111 Å². The molecule has 1 aliphatic heterocycles. The van der Waals surface area contributed by atoms with E-state index in [4.69, 9.17) is 0 Å². The Kier molecular flexibility index (Phi) is 13.5. The first-order chi connectivity index (χ1) is 21.9. The summed E-state index contributed by atoms with van der Waals surface area (Å²) in [6.07, 6.45) is 4.49. The molecule has 1 saturated heterocycles. The lowest BCUT2D eigenvalue weighted by molar-refractivity contribution is -0.109. The molecule has 0 bridgehead atoms. The van der Waals surface area contributed by atoms with Crippen LogP contribution >= 0.6 is 0 Å². The van der Waals surface area contributed by atoms with Crippen molar-refractivity contribution in [2.75, 3.05) is 20.1 Å². The van der Waals surface area contributed by atoms with Gasteiger partial charge in [0.25, 0.3) is 0 Å². The van der Waals surface area contributed by atoms with Crippen LogP contribution in [-0.2, 0) is 29.3 Å². The average Bonchev–Trinajstić information content (AvgIpc) is 3.05. The van der Waals surface area contributed by atoms with Gasteiger partial charge in [0, 0.05) is 13.1 Å². The maximum atomic E-state index is 13.1. The van der Waals surface area contributed by atoms with Crippen molar-refractivity contribution in [1.82, 2.24) is 15.5 Å². The van der Waals surface area contributed by atoms with Crippen LogP contribution in [0, 0.1) is 13.8 Å². The predicted octanol–water partition coefficient (Wildman–Crippen LogP) is 5.53. The van der Waals surface area contributed by atoms with Crippen LogP contribution < -0.4 is 10.6 Å². The molecular formula is C35H43N3O6S2. The van der Waals surface area contributed by atoms with E-state index in [0.29, 0.717) is 37.7 Å². The maximum Gasteiger partial charge on any atom is 0.222 e. The second-order valence-electron chi connectivity index (χ2n) is 11.2. The van der Waals surface area contributed by atoms with Gasteiger partial charge in [0.2, 0.25) is 32.5 Å². The van der Waals surface area contributed by atoms with E-state index in [2.05, 4.69) is 15.5 Å². The standard InChI is InChI=1S/C20H23NO3S.C15H20N2O3S/c1-3-4-10-19(17-8-6-5-7-9-17)20(21-15-22)25(23,24)18-13-11-16(2)12-14-18;1-12-3-5-14(6-4-12)21(19,20)15(16-11-18)13-7-9-17(2)10-8-13/h5-9,11-15H,3-4,10H2,1-2H3,(H,21,22);3-6,11H,7-10H2,1-2H3,(H,16,18). The first kappa shape index (κ1) is 36.4.